The molecule has 0 bridgehead atoms. The summed E-state index contributed by atoms with van der Waals surface area (Å²) in [5, 5.41) is 0. The van der Waals surface area contributed by atoms with Gasteiger partial charge in [0.15, 0.2) is 5.78 Å². The third-order valence-corrected chi connectivity index (χ3v) is 1.92. The predicted molar refractivity (Wildman–Crippen MR) is 48.4 cm³/mol. The van der Waals surface area contributed by atoms with Crippen LogP contribution in [0.1, 0.15) is 16.8 Å². The first-order valence-corrected chi connectivity index (χ1v) is 4.11. The zero-order valence-corrected chi connectivity index (χ0v) is 7.60. The van der Waals surface area contributed by atoms with Crippen LogP contribution in [-0.4, -0.2) is 5.78 Å². The molecule has 0 aliphatic rings. The predicted octanol–water partition coefficient (Wildman–Crippen LogP) is 2.86. The third kappa shape index (κ3) is 2.15. The molecule has 1 aromatic rings. The summed E-state index contributed by atoms with van der Waals surface area (Å²) in [5.74, 6) is 0.0810. The highest BCUT2D eigenvalue weighted by molar-refractivity contribution is 9.10. The normalized spacial score (nSPS) is 9.64. The Morgan fingerprint density at radius 1 is 1.36 bits per heavy atom. The van der Waals surface area contributed by atoms with Gasteiger partial charge in [-0.2, -0.15) is 0 Å². The van der Waals surface area contributed by atoms with Crippen LogP contribution in [0.3, 0.4) is 0 Å². The Bertz CT molecular complexity index is 251. The molecule has 0 aliphatic carbocycles. The van der Waals surface area contributed by atoms with E-state index in [2.05, 4.69) is 22.9 Å². The average molecular weight is 212 g/mol. The second-order valence-electron chi connectivity index (χ2n) is 2.18. The number of Topliss-reactive ketones (excluding diaryl/α,β-unsaturated/α-hetero) is 1. The van der Waals surface area contributed by atoms with Crippen LogP contribution in [0.5, 0.6) is 0 Å². The summed E-state index contributed by atoms with van der Waals surface area (Å²) in [7, 11) is 0. The van der Waals surface area contributed by atoms with E-state index < -0.39 is 0 Å². The van der Waals surface area contributed by atoms with Gasteiger partial charge in [0, 0.05) is 16.5 Å². The monoisotopic (exact) mass is 211 g/mol. The van der Waals surface area contributed by atoms with E-state index in [9.17, 15) is 4.79 Å². The molecule has 0 atom stereocenters. The number of hydrogen-bond donors (Lipinski definition) is 0. The van der Waals surface area contributed by atoms with Crippen LogP contribution in [0.25, 0.3) is 0 Å². The number of carbonyl (C=O) groups excluding carboxylic acids is 1. The molecule has 11 heavy (non-hydrogen) atoms. The van der Waals surface area contributed by atoms with Crippen LogP contribution in [0.2, 0.25) is 0 Å². The van der Waals surface area contributed by atoms with E-state index in [4.69, 9.17) is 0 Å². The molecule has 0 N–H and O–H groups in total. The molecule has 1 aromatic carbocycles. The number of carbonyl (C=O) groups is 1. The van der Waals surface area contributed by atoms with Crippen LogP contribution in [0, 0.1) is 6.92 Å². The molecule has 0 saturated carbocycles. The molecule has 0 aliphatic heterocycles. The van der Waals surface area contributed by atoms with Crippen molar-refractivity contribution in [2.75, 3.05) is 0 Å². The van der Waals surface area contributed by atoms with Crippen molar-refractivity contribution in [3.63, 3.8) is 0 Å². The van der Waals surface area contributed by atoms with Gasteiger partial charge >= 0.3 is 0 Å². The van der Waals surface area contributed by atoms with Crippen LogP contribution in [0.4, 0.5) is 0 Å². The van der Waals surface area contributed by atoms with Crippen LogP contribution < -0.4 is 0 Å². The van der Waals surface area contributed by atoms with Gasteiger partial charge < -0.3 is 0 Å². The molecule has 2 heteroatoms. The maximum Gasteiger partial charge on any atom is 0.162 e. The Morgan fingerprint density at radius 2 is 1.91 bits per heavy atom. The molecular weight excluding hydrogens is 204 g/mol. The van der Waals surface area contributed by atoms with Gasteiger partial charge in [0.1, 0.15) is 0 Å². The number of hydrogen-bond acceptors (Lipinski definition) is 1. The summed E-state index contributed by atoms with van der Waals surface area (Å²) in [4.78, 5) is 11.0. The Kier molecular flexibility index (Phi) is 2.83. The Hall–Kier alpha value is -0.630. The second kappa shape index (κ2) is 3.67. The average Bonchev–Trinajstić information content (AvgIpc) is 2.05. The highest BCUT2D eigenvalue weighted by Crippen LogP contribution is 2.11. The van der Waals surface area contributed by atoms with Crippen molar-refractivity contribution in [3.8, 4) is 0 Å². The van der Waals surface area contributed by atoms with Crippen molar-refractivity contribution in [1.29, 1.82) is 0 Å². The fourth-order valence-corrected chi connectivity index (χ4v) is 1.04. The molecule has 57 valence electrons. The van der Waals surface area contributed by atoms with E-state index in [0.717, 1.165) is 10.0 Å². The smallest absolute Gasteiger partial charge is 0.162 e. The van der Waals surface area contributed by atoms with Crippen LogP contribution >= 0.6 is 15.9 Å². The van der Waals surface area contributed by atoms with Gasteiger partial charge in [0.2, 0.25) is 0 Å². The molecule has 0 heterocycles. The largest absolute Gasteiger partial charge is 0.294 e. The molecule has 0 saturated heterocycles. The van der Waals surface area contributed by atoms with Gasteiger partial charge in [-0.05, 0) is 19.1 Å². The zero-order chi connectivity index (χ0) is 8.27. The van der Waals surface area contributed by atoms with Gasteiger partial charge in [0.05, 0.1) is 0 Å². The minimum Gasteiger partial charge on any atom is -0.294 e. The highest BCUT2D eigenvalue weighted by Gasteiger charge is 2.00. The van der Waals surface area contributed by atoms with Gasteiger partial charge in [-0.25, -0.2) is 0 Å². The lowest BCUT2D eigenvalue weighted by atomic mass is 10.1. The van der Waals surface area contributed by atoms with E-state index >= 15 is 0 Å². The van der Waals surface area contributed by atoms with E-state index in [1.165, 1.54) is 0 Å². The molecule has 1 radical (unpaired) electrons. The van der Waals surface area contributed by atoms with Crippen molar-refractivity contribution in [2.45, 2.75) is 6.42 Å². The minimum atomic E-state index is 0.0810. The molecule has 0 unspecified atom stereocenters. The molecule has 0 spiro atoms. The third-order valence-electron chi connectivity index (χ3n) is 1.39. The fourth-order valence-electron chi connectivity index (χ4n) is 0.780. The fraction of sp³-hybridized carbons (Fsp3) is 0.111. The number of ketones is 1. The van der Waals surface area contributed by atoms with Gasteiger partial charge in [-0.3, -0.25) is 4.79 Å². The topological polar surface area (TPSA) is 17.1 Å². The Balaban J connectivity index is 2.90. The van der Waals surface area contributed by atoms with Crippen LogP contribution in [0.15, 0.2) is 28.7 Å². The lowest BCUT2D eigenvalue weighted by Gasteiger charge is -1.95. The second-order valence-corrected chi connectivity index (χ2v) is 3.10. The molecule has 0 amide bonds. The standard InChI is InChI=1S/C9H8BrO/c1-2-9(11)7-3-5-8(10)6-4-7/h3-6H,1-2H2. The minimum absolute atomic E-state index is 0.0810. The SMILES string of the molecule is [CH2]CC(=O)c1ccc(Br)cc1. The maximum atomic E-state index is 11.0. The first-order chi connectivity index (χ1) is 5.24. The summed E-state index contributed by atoms with van der Waals surface area (Å²) in [5.41, 5.74) is 0.725. The lowest BCUT2D eigenvalue weighted by Crippen LogP contribution is -1.94. The van der Waals surface area contributed by atoms with Crippen molar-refractivity contribution < 1.29 is 4.79 Å². The van der Waals surface area contributed by atoms with E-state index in [1.807, 2.05) is 12.1 Å². The highest BCUT2D eigenvalue weighted by atomic mass is 79.9. The first-order valence-electron chi connectivity index (χ1n) is 3.32. The maximum absolute atomic E-state index is 11.0. The van der Waals surface area contributed by atoms with E-state index in [0.29, 0.717) is 6.42 Å². The number of benzene rings is 1. The lowest BCUT2D eigenvalue weighted by molar-refractivity contribution is 0.0995. The molecule has 0 aromatic heterocycles. The van der Waals surface area contributed by atoms with Crippen molar-refractivity contribution in [3.05, 3.63) is 41.2 Å². The zero-order valence-electron chi connectivity index (χ0n) is 6.01. The molecule has 1 rings (SSSR count). The van der Waals surface area contributed by atoms with Gasteiger partial charge in [-0.1, -0.05) is 28.1 Å². The molecular formula is C9H8BrO. The number of halogens is 1. The van der Waals surface area contributed by atoms with Crippen molar-refractivity contribution in [1.82, 2.24) is 0 Å². The van der Waals surface area contributed by atoms with Crippen molar-refractivity contribution in [2.24, 2.45) is 0 Å². The Morgan fingerprint density at radius 3 is 2.36 bits per heavy atom. The quantitative estimate of drug-likeness (QED) is 0.689. The summed E-state index contributed by atoms with van der Waals surface area (Å²) in [6, 6.07) is 7.28. The molecule has 0 fully saturated rings. The molecule has 1 nitrogen and oxygen atoms in total. The van der Waals surface area contributed by atoms with E-state index in [-0.39, 0.29) is 5.78 Å². The number of rotatable bonds is 2. The summed E-state index contributed by atoms with van der Waals surface area (Å²) in [6.45, 7) is 3.52. The first kappa shape index (κ1) is 8.47. The summed E-state index contributed by atoms with van der Waals surface area (Å²) in [6.07, 6.45) is 0.321. The van der Waals surface area contributed by atoms with Gasteiger partial charge in [-0.15, -0.1) is 0 Å². The van der Waals surface area contributed by atoms with Crippen molar-refractivity contribution >= 4 is 21.7 Å². The van der Waals surface area contributed by atoms with Gasteiger partial charge in [0.25, 0.3) is 0 Å². The summed E-state index contributed by atoms with van der Waals surface area (Å²) >= 11 is 3.29. The summed E-state index contributed by atoms with van der Waals surface area (Å²) < 4.78 is 0.984. The Labute approximate surface area is 74.6 Å². The van der Waals surface area contributed by atoms with Crippen LogP contribution in [-0.2, 0) is 0 Å². The van der Waals surface area contributed by atoms with E-state index in [1.54, 1.807) is 12.1 Å².